The summed E-state index contributed by atoms with van der Waals surface area (Å²) in [6, 6.07) is 13.7. The molecule has 26 heavy (non-hydrogen) atoms. The van der Waals surface area contributed by atoms with Crippen LogP contribution in [0.4, 0.5) is 5.69 Å². The minimum absolute atomic E-state index is 0.233. The van der Waals surface area contributed by atoms with E-state index in [1.54, 1.807) is 11.8 Å². The lowest BCUT2D eigenvalue weighted by Gasteiger charge is -2.11. The van der Waals surface area contributed by atoms with Gasteiger partial charge in [-0.05, 0) is 55.7 Å². The largest absolute Gasteiger partial charge is 0.378 e. The van der Waals surface area contributed by atoms with E-state index in [1.807, 2.05) is 63.2 Å². The van der Waals surface area contributed by atoms with E-state index in [0.717, 1.165) is 28.1 Å². The molecule has 0 atom stereocenters. The van der Waals surface area contributed by atoms with Crippen LogP contribution in [0.15, 0.2) is 42.5 Å². The number of benzene rings is 2. The molecule has 1 amide bonds. The van der Waals surface area contributed by atoms with Crippen molar-refractivity contribution >= 4 is 11.6 Å². The molecule has 1 N–H and O–H groups in total. The molecule has 0 aliphatic carbocycles. The van der Waals surface area contributed by atoms with Gasteiger partial charge in [-0.3, -0.25) is 4.79 Å². The van der Waals surface area contributed by atoms with Gasteiger partial charge in [0.15, 0.2) is 5.69 Å². The quantitative estimate of drug-likeness (QED) is 0.763. The Morgan fingerprint density at radius 3 is 2.65 bits per heavy atom. The Hall–Kier alpha value is -2.99. The van der Waals surface area contributed by atoms with Gasteiger partial charge in [-0.15, -0.1) is 5.10 Å². The molecular formula is C20H22N4O2. The second-order valence-electron chi connectivity index (χ2n) is 6.27. The molecule has 0 aliphatic rings. The fourth-order valence-electron chi connectivity index (χ4n) is 2.78. The Bertz CT molecular complexity index is 947. The summed E-state index contributed by atoms with van der Waals surface area (Å²) >= 11 is 0. The summed E-state index contributed by atoms with van der Waals surface area (Å²) in [7, 11) is 1.58. The highest BCUT2D eigenvalue weighted by Gasteiger charge is 2.21. The fourth-order valence-corrected chi connectivity index (χ4v) is 2.78. The van der Waals surface area contributed by atoms with Crippen LogP contribution in [0.25, 0.3) is 5.69 Å². The number of nitrogens with one attached hydrogen (secondary N) is 1. The normalized spacial score (nSPS) is 10.8. The van der Waals surface area contributed by atoms with Crippen LogP contribution in [0.1, 0.15) is 32.9 Å². The molecule has 2 aromatic carbocycles. The van der Waals surface area contributed by atoms with E-state index in [4.69, 9.17) is 4.74 Å². The number of aryl methyl sites for hydroxylation is 2. The first-order valence-corrected chi connectivity index (χ1v) is 8.39. The minimum Gasteiger partial charge on any atom is -0.378 e. The smallest absolute Gasteiger partial charge is 0.278 e. The van der Waals surface area contributed by atoms with Crippen LogP contribution in [0.3, 0.4) is 0 Å². The molecule has 0 unspecified atom stereocenters. The van der Waals surface area contributed by atoms with Crippen molar-refractivity contribution in [1.29, 1.82) is 0 Å². The number of amides is 1. The van der Waals surface area contributed by atoms with Crippen LogP contribution >= 0.6 is 0 Å². The third-order valence-corrected chi connectivity index (χ3v) is 4.36. The number of hydrogen-bond acceptors (Lipinski definition) is 4. The predicted molar refractivity (Wildman–Crippen MR) is 101 cm³/mol. The van der Waals surface area contributed by atoms with Gasteiger partial charge in [0.25, 0.3) is 5.91 Å². The van der Waals surface area contributed by atoms with Gasteiger partial charge in [-0.1, -0.05) is 29.5 Å². The van der Waals surface area contributed by atoms with Crippen molar-refractivity contribution in [2.45, 2.75) is 27.4 Å². The van der Waals surface area contributed by atoms with E-state index in [0.29, 0.717) is 5.69 Å². The molecule has 0 saturated carbocycles. The van der Waals surface area contributed by atoms with Gasteiger partial charge in [0.1, 0.15) is 5.69 Å². The first-order valence-electron chi connectivity index (χ1n) is 8.39. The van der Waals surface area contributed by atoms with E-state index in [-0.39, 0.29) is 18.2 Å². The average Bonchev–Trinajstić information content (AvgIpc) is 3.03. The number of rotatable bonds is 5. The van der Waals surface area contributed by atoms with Crippen molar-refractivity contribution in [3.05, 3.63) is 70.5 Å². The SMILES string of the molecule is COCc1c(C(=O)Nc2cccc(C)c2C)nnn1-c1cccc(C)c1. The Morgan fingerprint density at radius 2 is 1.92 bits per heavy atom. The van der Waals surface area contributed by atoms with Crippen LogP contribution < -0.4 is 5.32 Å². The first kappa shape index (κ1) is 17.8. The monoisotopic (exact) mass is 350 g/mol. The molecule has 3 aromatic rings. The maximum absolute atomic E-state index is 12.8. The van der Waals surface area contributed by atoms with Crippen molar-refractivity contribution in [1.82, 2.24) is 15.0 Å². The standard InChI is InChI=1S/C20H22N4O2/c1-13-7-5-9-16(11-13)24-18(12-26-4)19(22-23-24)20(25)21-17-10-6-8-14(2)15(17)3/h5-11H,12H2,1-4H3,(H,21,25). The van der Waals surface area contributed by atoms with E-state index < -0.39 is 0 Å². The highest BCUT2D eigenvalue weighted by molar-refractivity contribution is 6.04. The molecule has 0 spiro atoms. The van der Waals surface area contributed by atoms with E-state index in [2.05, 4.69) is 15.6 Å². The number of ether oxygens (including phenoxy) is 1. The Morgan fingerprint density at radius 1 is 1.15 bits per heavy atom. The van der Waals surface area contributed by atoms with Gasteiger partial charge in [0, 0.05) is 12.8 Å². The highest BCUT2D eigenvalue weighted by atomic mass is 16.5. The summed E-state index contributed by atoms with van der Waals surface area (Å²) < 4.78 is 6.93. The van der Waals surface area contributed by atoms with E-state index >= 15 is 0 Å². The van der Waals surface area contributed by atoms with Gasteiger partial charge < -0.3 is 10.1 Å². The van der Waals surface area contributed by atoms with Gasteiger partial charge in [0.2, 0.25) is 0 Å². The summed E-state index contributed by atoms with van der Waals surface area (Å²) in [5.41, 5.74) is 5.72. The van der Waals surface area contributed by atoms with Crippen LogP contribution in [0.5, 0.6) is 0 Å². The summed E-state index contributed by atoms with van der Waals surface area (Å²) in [4.78, 5) is 12.8. The number of hydrogen-bond donors (Lipinski definition) is 1. The van der Waals surface area contributed by atoms with Crippen LogP contribution in [-0.4, -0.2) is 28.0 Å². The molecule has 1 aromatic heterocycles. The molecule has 0 radical (unpaired) electrons. The van der Waals surface area contributed by atoms with Crippen LogP contribution in [0.2, 0.25) is 0 Å². The molecule has 0 fully saturated rings. The maximum Gasteiger partial charge on any atom is 0.278 e. The van der Waals surface area contributed by atoms with Crippen LogP contribution in [-0.2, 0) is 11.3 Å². The lowest BCUT2D eigenvalue weighted by molar-refractivity contribution is 0.101. The molecule has 0 bridgehead atoms. The summed E-state index contributed by atoms with van der Waals surface area (Å²) in [5, 5.41) is 11.2. The Kier molecular flexibility index (Phi) is 5.14. The van der Waals surface area contributed by atoms with Gasteiger partial charge in [0.05, 0.1) is 12.3 Å². The number of methoxy groups -OCH3 is 1. The fraction of sp³-hybridized carbons (Fsp3) is 0.250. The number of nitrogens with zero attached hydrogens (tertiary/aromatic N) is 3. The van der Waals surface area contributed by atoms with Crippen LogP contribution in [0, 0.1) is 20.8 Å². The topological polar surface area (TPSA) is 69.0 Å². The third-order valence-electron chi connectivity index (χ3n) is 4.36. The average molecular weight is 350 g/mol. The second-order valence-corrected chi connectivity index (χ2v) is 6.27. The second kappa shape index (κ2) is 7.49. The third kappa shape index (κ3) is 3.50. The van der Waals surface area contributed by atoms with Gasteiger partial charge >= 0.3 is 0 Å². The number of aromatic nitrogens is 3. The van der Waals surface area contributed by atoms with E-state index in [9.17, 15) is 4.79 Å². The molecule has 6 nitrogen and oxygen atoms in total. The number of carbonyl (C=O) groups is 1. The van der Waals surface area contributed by atoms with Crippen molar-refractivity contribution < 1.29 is 9.53 Å². The zero-order chi connectivity index (χ0) is 18.7. The molecule has 0 saturated heterocycles. The zero-order valence-electron chi connectivity index (χ0n) is 15.4. The molecule has 0 aliphatic heterocycles. The van der Waals surface area contributed by atoms with Gasteiger partial charge in [-0.25, -0.2) is 4.68 Å². The lowest BCUT2D eigenvalue weighted by Crippen LogP contribution is -2.16. The van der Waals surface area contributed by atoms with Crippen molar-refractivity contribution in [2.24, 2.45) is 0 Å². The Balaban J connectivity index is 1.97. The molecule has 6 heteroatoms. The number of carbonyl (C=O) groups excluding carboxylic acids is 1. The molecule has 1 heterocycles. The summed E-state index contributed by atoms with van der Waals surface area (Å²) in [6.45, 7) is 6.22. The number of anilines is 1. The molecule has 3 rings (SSSR count). The minimum atomic E-state index is -0.301. The van der Waals surface area contributed by atoms with Crippen molar-refractivity contribution in [2.75, 3.05) is 12.4 Å². The highest BCUT2D eigenvalue weighted by Crippen LogP contribution is 2.20. The van der Waals surface area contributed by atoms with Crippen molar-refractivity contribution in [3.8, 4) is 5.69 Å². The first-order chi connectivity index (χ1) is 12.5. The predicted octanol–water partition coefficient (Wildman–Crippen LogP) is 3.59. The molecular weight excluding hydrogens is 328 g/mol. The summed E-state index contributed by atoms with van der Waals surface area (Å²) in [5.74, 6) is -0.301. The Labute approximate surface area is 152 Å². The zero-order valence-corrected chi connectivity index (χ0v) is 15.4. The maximum atomic E-state index is 12.8. The van der Waals surface area contributed by atoms with E-state index in [1.165, 1.54) is 0 Å². The lowest BCUT2D eigenvalue weighted by atomic mass is 10.1. The molecule has 134 valence electrons. The van der Waals surface area contributed by atoms with Gasteiger partial charge in [-0.2, -0.15) is 0 Å². The van der Waals surface area contributed by atoms with Crippen molar-refractivity contribution in [3.63, 3.8) is 0 Å². The summed E-state index contributed by atoms with van der Waals surface area (Å²) in [6.07, 6.45) is 0.